The Balaban J connectivity index is -0.000000620. The molecular weight excluding hydrogens is 744 g/mol. The van der Waals surface area contributed by atoms with Gasteiger partial charge in [0.1, 0.15) is 0 Å². The second kappa shape index (κ2) is 20.7. The molecule has 0 atom stereocenters. The summed E-state index contributed by atoms with van der Waals surface area (Å²) >= 11 is -1.79. The zero-order valence-corrected chi connectivity index (χ0v) is 39.1. The summed E-state index contributed by atoms with van der Waals surface area (Å²) in [5.74, 6) is 0.857. The SMILES string of the molecule is C.CCc1cccc(CC)c1N1[CH-]C(C)(C)CC1(C)C.C[Si](C)(C)[N-][Si](C)(C)C.Cc1ccc(OC(C)C)c([CH]=[Ru]([Cl])[Cl])c1.[2HH].[K+]. The maximum atomic E-state index is 5.87. The van der Waals surface area contributed by atoms with Gasteiger partial charge in [0.15, 0.2) is 0 Å². The molecule has 0 spiro atoms. The van der Waals surface area contributed by atoms with E-state index in [4.69, 9.17) is 28.8 Å². The summed E-state index contributed by atoms with van der Waals surface area (Å²) in [6, 6.07) is 12.8. The first-order chi connectivity index (χ1) is 19.5. The van der Waals surface area contributed by atoms with Crippen molar-refractivity contribution in [1.82, 2.24) is 0 Å². The fourth-order valence-corrected chi connectivity index (χ4v) is 15.7. The molecule has 0 amide bonds. The number of aryl methyl sites for hydroxylation is 3. The Kier molecular flexibility index (Phi) is 22.2. The molecule has 3 rings (SSSR count). The molecule has 1 aliphatic heterocycles. The number of nitrogens with zero attached hydrogens (tertiary/aromatic N) is 2. The third-order valence-electron chi connectivity index (χ3n) is 6.61. The van der Waals surface area contributed by atoms with Crippen LogP contribution in [0.15, 0.2) is 36.4 Å². The van der Waals surface area contributed by atoms with E-state index in [2.05, 4.69) is 110 Å². The predicted octanol–water partition coefficient (Wildman–Crippen LogP) is 9.76. The molecule has 2 aromatic carbocycles. The average molecular weight is 811 g/mol. The second-order valence-electron chi connectivity index (χ2n) is 15.1. The van der Waals surface area contributed by atoms with Crippen molar-refractivity contribution in [1.29, 1.82) is 0 Å². The molecule has 0 aromatic heterocycles. The van der Waals surface area contributed by atoms with Crippen LogP contribution in [-0.2, 0) is 26.4 Å². The van der Waals surface area contributed by atoms with Gasteiger partial charge in [0.05, 0.1) is 0 Å². The van der Waals surface area contributed by atoms with Crippen LogP contribution in [0.3, 0.4) is 0 Å². The van der Waals surface area contributed by atoms with E-state index in [1.807, 2.05) is 43.6 Å². The summed E-state index contributed by atoms with van der Waals surface area (Å²) in [6.45, 7) is 36.2. The topological polar surface area (TPSA) is 26.6 Å². The summed E-state index contributed by atoms with van der Waals surface area (Å²) in [6.07, 6.45) is 3.57. The summed E-state index contributed by atoms with van der Waals surface area (Å²) < 4.78 is 12.4. The molecule has 9 heteroatoms. The van der Waals surface area contributed by atoms with Crippen LogP contribution in [-0.4, -0.2) is 32.7 Å². The minimum atomic E-state index is -1.79. The molecule has 1 heterocycles. The van der Waals surface area contributed by atoms with Gasteiger partial charge in [-0.15, -0.1) is 5.41 Å². The fraction of sp³-hybridized carbons (Fsp3) is 0.611. The van der Waals surface area contributed by atoms with Gasteiger partial charge >= 0.3 is 156 Å². The number of hydrogen-bond acceptors (Lipinski definition) is 2. The van der Waals surface area contributed by atoms with E-state index in [-0.39, 0.29) is 77.3 Å². The van der Waals surface area contributed by atoms with Gasteiger partial charge in [-0.25, -0.2) is 6.54 Å². The first-order valence-electron chi connectivity index (χ1n) is 15.6. The van der Waals surface area contributed by atoms with Gasteiger partial charge in [-0.1, -0.05) is 115 Å². The van der Waals surface area contributed by atoms with Gasteiger partial charge < -0.3 is 9.55 Å². The monoisotopic (exact) mass is 810 g/mol. The third kappa shape index (κ3) is 18.6. The Labute approximate surface area is 338 Å². The van der Waals surface area contributed by atoms with Crippen LogP contribution in [0.4, 0.5) is 5.69 Å². The van der Waals surface area contributed by atoms with Crippen molar-refractivity contribution in [2.75, 3.05) is 4.90 Å². The molecular formula is C36H66Cl2KN2ORuSi2-. The normalized spacial score (nSPS) is 15.4. The number of anilines is 1. The van der Waals surface area contributed by atoms with Crippen molar-refractivity contribution < 1.29 is 71.1 Å². The summed E-state index contributed by atoms with van der Waals surface area (Å²) in [5.41, 5.74) is 7.09. The Morgan fingerprint density at radius 2 is 1.47 bits per heavy atom. The second-order valence-corrected chi connectivity index (χ2v) is 30.4. The van der Waals surface area contributed by atoms with Crippen molar-refractivity contribution in [3.63, 3.8) is 0 Å². The third-order valence-corrected chi connectivity index (χ3v) is 13.8. The number of benzene rings is 2. The van der Waals surface area contributed by atoms with Gasteiger partial charge in [-0.2, -0.15) is 0 Å². The van der Waals surface area contributed by atoms with Crippen molar-refractivity contribution in [3.05, 3.63) is 69.8 Å². The minimum Gasteiger partial charge on any atom is 0 e. The van der Waals surface area contributed by atoms with E-state index in [1.54, 1.807) is 0 Å². The zero-order chi connectivity index (χ0) is 33.4. The first kappa shape index (κ1) is 48.3. The number of hydrogen-bond donors (Lipinski definition) is 0. The van der Waals surface area contributed by atoms with E-state index >= 15 is 0 Å². The molecule has 1 fully saturated rings. The molecule has 0 aliphatic carbocycles. The van der Waals surface area contributed by atoms with Crippen LogP contribution >= 0.6 is 19.4 Å². The number of halogens is 2. The smallest absolute Gasteiger partial charge is 0 e. The molecule has 1 saturated heterocycles. The Morgan fingerprint density at radius 3 is 1.80 bits per heavy atom. The van der Waals surface area contributed by atoms with E-state index in [0.717, 1.165) is 24.2 Å². The Hall–Kier alpha value is 1.14. The molecule has 3 nitrogen and oxygen atoms in total. The van der Waals surface area contributed by atoms with Gasteiger partial charge in [0.2, 0.25) is 0 Å². The molecule has 0 radical (unpaired) electrons. The van der Waals surface area contributed by atoms with Crippen LogP contribution in [0.25, 0.3) is 4.65 Å². The van der Waals surface area contributed by atoms with Crippen molar-refractivity contribution >= 4 is 46.1 Å². The van der Waals surface area contributed by atoms with Gasteiger partial charge in [-0.3, -0.25) is 0 Å². The van der Waals surface area contributed by atoms with Crippen molar-refractivity contribution in [2.45, 2.75) is 140 Å². The van der Waals surface area contributed by atoms with Gasteiger partial charge in [0, 0.05) is 12.7 Å². The largest absolute Gasteiger partial charge is 1.00 e. The average Bonchev–Trinajstić information content (AvgIpc) is 3.04. The van der Waals surface area contributed by atoms with Gasteiger partial charge in [-0.05, 0) is 37.8 Å². The van der Waals surface area contributed by atoms with Crippen LogP contribution in [0.1, 0.15) is 92.9 Å². The number of ether oxygens (including phenoxy) is 1. The number of para-hydroxylation sites is 1. The zero-order valence-electron chi connectivity index (χ0n) is 30.7. The maximum absolute atomic E-state index is 5.87. The molecule has 0 unspecified atom stereocenters. The molecule has 0 N–H and O–H groups in total. The Morgan fingerprint density at radius 1 is 0.978 bits per heavy atom. The van der Waals surface area contributed by atoms with E-state index in [0.29, 0.717) is 0 Å². The van der Waals surface area contributed by atoms with Crippen LogP contribution in [0.5, 0.6) is 5.75 Å². The van der Waals surface area contributed by atoms with Crippen LogP contribution < -0.4 is 61.0 Å². The van der Waals surface area contributed by atoms with E-state index in [9.17, 15) is 0 Å². The van der Waals surface area contributed by atoms with Gasteiger partial charge in [0.25, 0.3) is 0 Å². The quantitative estimate of drug-likeness (QED) is 0.196. The molecule has 1 aliphatic rings. The van der Waals surface area contributed by atoms with E-state index < -0.39 is 30.0 Å². The predicted molar refractivity (Wildman–Crippen MR) is 207 cm³/mol. The molecule has 45 heavy (non-hydrogen) atoms. The molecule has 2 aromatic rings. The summed E-state index contributed by atoms with van der Waals surface area (Å²) in [7, 11) is 9.53. The summed E-state index contributed by atoms with van der Waals surface area (Å²) in [5, 5.41) is 0. The molecule has 0 bridgehead atoms. The number of rotatable bonds is 8. The van der Waals surface area contributed by atoms with Crippen LogP contribution in [0.2, 0.25) is 39.3 Å². The fourth-order valence-electron chi connectivity index (χ4n) is 5.86. The van der Waals surface area contributed by atoms with Crippen molar-refractivity contribution in [3.8, 4) is 5.75 Å². The minimum absolute atomic E-state index is 0. The molecule has 0 saturated carbocycles. The van der Waals surface area contributed by atoms with E-state index in [1.165, 1.54) is 28.8 Å². The first-order valence-corrected chi connectivity index (χ1v) is 28.0. The summed E-state index contributed by atoms with van der Waals surface area (Å²) in [4.78, 5) is 2.55. The molecule has 258 valence electrons. The van der Waals surface area contributed by atoms with Crippen molar-refractivity contribution in [2.24, 2.45) is 5.41 Å². The standard InChI is InChI=1S/C18H28N.C11H14O.C6H18NSi2.CH4.2ClH.K.Ru.H2/c1-7-14-10-9-11-15(8-2)16(14)19-13-17(3,4)12-18(19,5)6;1-8(2)12-11-6-5-9(3)7-10(11)4;1-8(2,3)7-9(4,5)6;;;;;;/h9-11,13H,7-8,12H2,1-6H3;4-8H,1-3H3;1-6H3;1H4;2*1H;;;1H/q-1;;-1;;;;+1;+2;/p-2/i;;;;;;;;1+1. The van der Waals surface area contributed by atoms with Crippen LogP contribution in [0, 0.1) is 18.9 Å². The maximum Gasteiger partial charge on any atom is 1.00 e. The Bertz CT molecular complexity index is 1180.